The van der Waals surface area contributed by atoms with Crippen LogP contribution in [0.25, 0.3) is 17.1 Å². The van der Waals surface area contributed by atoms with Crippen molar-refractivity contribution in [2.75, 3.05) is 17.7 Å². The van der Waals surface area contributed by atoms with Crippen LogP contribution in [0.15, 0.2) is 78.0 Å². The second kappa shape index (κ2) is 10.6. The Morgan fingerprint density at radius 1 is 1.06 bits per heavy atom. The molecule has 0 fully saturated rings. The van der Waals surface area contributed by atoms with Crippen LogP contribution in [-0.4, -0.2) is 33.0 Å². The lowest BCUT2D eigenvalue weighted by Crippen LogP contribution is -2.15. The zero-order valence-electron chi connectivity index (χ0n) is 18.3. The Balaban J connectivity index is 1.62. The number of hydrogen-bond acceptors (Lipinski definition) is 5. The molecule has 0 saturated carbocycles. The third-order valence-corrected chi connectivity index (χ3v) is 6.04. The summed E-state index contributed by atoms with van der Waals surface area (Å²) in [6, 6.07) is 22.8. The van der Waals surface area contributed by atoms with Gasteiger partial charge in [0.15, 0.2) is 11.0 Å². The first-order chi connectivity index (χ1) is 16.0. The van der Waals surface area contributed by atoms with E-state index in [-0.39, 0.29) is 11.7 Å². The first-order valence-electron chi connectivity index (χ1n) is 10.5. The molecule has 0 aliphatic rings. The van der Waals surface area contributed by atoms with E-state index < -0.39 is 0 Å². The Morgan fingerprint density at radius 2 is 1.85 bits per heavy atom. The molecule has 1 heterocycles. The molecule has 6 nitrogen and oxygen atoms in total. The van der Waals surface area contributed by atoms with Crippen molar-refractivity contribution in [3.05, 3.63) is 83.4 Å². The molecule has 1 amide bonds. The Hall–Kier alpha value is -3.29. The number of nitrogens with zero attached hydrogens (tertiary/aromatic N) is 3. The van der Waals surface area contributed by atoms with Crippen molar-refractivity contribution in [3.63, 3.8) is 0 Å². The molecule has 33 heavy (non-hydrogen) atoms. The molecule has 0 atom stereocenters. The number of para-hydroxylation sites is 1. The molecule has 0 radical (unpaired) electrons. The number of ether oxygens (including phenoxy) is 1. The molecule has 8 heteroatoms. The van der Waals surface area contributed by atoms with Gasteiger partial charge in [-0.25, -0.2) is 0 Å². The molecule has 168 valence electrons. The second-order valence-corrected chi connectivity index (χ2v) is 8.61. The summed E-state index contributed by atoms with van der Waals surface area (Å²) in [6.07, 6.45) is 0. The van der Waals surface area contributed by atoms with Gasteiger partial charge in [-0.1, -0.05) is 53.7 Å². The molecule has 0 bridgehead atoms. The zero-order valence-corrected chi connectivity index (χ0v) is 19.9. The number of hydrogen-bond donors (Lipinski definition) is 1. The van der Waals surface area contributed by atoms with Crippen LogP contribution in [0.4, 0.5) is 5.69 Å². The van der Waals surface area contributed by atoms with E-state index in [9.17, 15) is 4.79 Å². The lowest BCUT2D eigenvalue weighted by molar-refractivity contribution is -0.113. The topological polar surface area (TPSA) is 69.0 Å². The molecule has 3 aromatic carbocycles. The van der Waals surface area contributed by atoms with Gasteiger partial charge in [0, 0.05) is 22.0 Å². The highest BCUT2D eigenvalue weighted by Gasteiger charge is 2.18. The molecule has 1 aromatic heterocycles. The molecule has 0 aliphatic heterocycles. The maximum absolute atomic E-state index is 12.6. The van der Waals surface area contributed by atoms with E-state index in [2.05, 4.69) is 15.5 Å². The van der Waals surface area contributed by atoms with Crippen molar-refractivity contribution < 1.29 is 9.53 Å². The number of aryl methyl sites for hydroxylation is 1. The fraction of sp³-hybridized carbons (Fsp3) is 0.160. The van der Waals surface area contributed by atoms with E-state index in [4.69, 9.17) is 16.3 Å². The minimum absolute atomic E-state index is 0.111. The highest BCUT2D eigenvalue weighted by atomic mass is 35.5. The number of rotatable bonds is 8. The predicted molar refractivity (Wildman–Crippen MR) is 134 cm³/mol. The highest BCUT2D eigenvalue weighted by Crippen LogP contribution is 2.30. The number of amides is 1. The molecule has 1 N–H and O–H groups in total. The van der Waals surface area contributed by atoms with Crippen molar-refractivity contribution in [1.29, 1.82) is 0 Å². The lowest BCUT2D eigenvalue weighted by atomic mass is 10.2. The van der Waals surface area contributed by atoms with Crippen LogP contribution in [0.1, 0.15) is 12.5 Å². The van der Waals surface area contributed by atoms with Crippen molar-refractivity contribution in [3.8, 4) is 22.8 Å². The number of halogens is 1. The van der Waals surface area contributed by atoms with Crippen molar-refractivity contribution in [2.45, 2.75) is 19.0 Å². The number of anilines is 1. The Morgan fingerprint density at radius 3 is 2.58 bits per heavy atom. The average Bonchev–Trinajstić information content (AvgIpc) is 3.24. The summed E-state index contributed by atoms with van der Waals surface area (Å²) in [7, 11) is 0. The third-order valence-electron chi connectivity index (χ3n) is 4.87. The van der Waals surface area contributed by atoms with Gasteiger partial charge in [0.2, 0.25) is 5.91 Å². The van der Waals surface area contributed by atoms with Gasteiger partial charge in [-0.2, -0.15) is 0 Å². The van der Waals surface area contributed by atoms with E-state index in [0.29, 0.717) is 22.6 Å². The number of nitrogens with one attached hydrogen (secondary N) is 1. The van der Waals surface area contributed by atoms with Crippen LogP contribution in [-0.2, 0) is 4.79 Å². The smallest absolute Gasteiger partial charge is 0.234 e. The third kappa shape index (κ3) is 5.56. The molecule has 0 aliphatic carbocycles. The number of carbonyl (C=O) groups excluding carboxylic acids is 1. The number of benzene rings is 3. The number of carbonyl (C=O) groups is 1. The molecular weight excluding hydrogens is 456 g/mol. The van der Waals surface area contributed by atoms with Gasteiger partial charge in [-0.3, -0.25) is 9.36 Å². The van der Waals surface area contributed by atoms with Crippen molar-refractivity contribution in [1.82, 2.24) is 14.8 Å². The maximum atomic E-state index is 12.6. The highest BCUT2D eigenvalue weighted by molar-refractivity contribution is 7.99. The normalized spacial score (nSPS) is 10.8. The summed E-state index contributed by atoms with van der Waals surface area (Å²) in [5.41, 5.74) is 3.51. The predicted octanol–water partition coefficient (Wildman–Crippen LogP) is 6.03. The number of thioether (sulfide) groups is 1. The molecule has 4 rings (SSSR count). The first kappa shape index (κ1) is 22.9. The summed E-state index contributed by atoms with van der Waals surface area (Å²) in [5, 5.41) is 13.0. The van der Waals surface area contributed by atoms with E-state index in [1.54, 1.807) is 0 Å². The summed E-state index contributed by atoms with van der Waals surface area (Å²) >= 11 is 7.54. The van der Waals surface area contributed by atoms with E-state index >= 15 is 0 Å². The quantitative estimate of drug-likeness (QED) is 0.313. The Bertz CT molecular complexity index is 1260. The minimum Gasteiger partial charge on any atom is -0.494 e. The first-order valence-corrected chi connectivity index (χ1v) is 11.8. The monoisotopic (exact) mass is 478 g/mol. The molecule has 0 spiro atoms. The standard InChI is InChI=1S/C25H23ClN4O2S/c1-3-32-21-13-11-20(12-14-21)30-24(18-8-6-9-19(26)15-18)28-29-25(30)33-16-23(31)27-22-10-5-4-7-17(22)2/h4-15H,3,16H2,1-2H3,(H,27,31). The molecule has 0 unspecified atom stereocenters. The van der Waals surface area contributed by atoms with Crippen LogP contribution in [0, 0.1) is 6.92 Å². The van der Waals surface area contributed by atoms with Crippen LogP contribution in [0.2, 0.25) is 5.02 Å². The van der Waals surface area contributed by atoms with Gasteiger partial charge in [0.25, 0.3) is 0 Å². The van der Waals surface area contributed by atoms with E-state index in [0.717, 1.165) is 28.3 Å². The number of aromatic nitrogens is 3. The SMILES string of the molecule is CCOc1ccc(-n2c(SCC(=O)Nc3ccccc3C)nnc2-c2cccc(Cl)c2)cc1. The second-order valence-electron chi connectivity index (χ2n) is 7.23. The van der Waals surface area contributed by atoms with Gasteiger partial charge in [0.05, 0.1) is 12.4 Å². The largest absolute Gasteiger partial charge is 0.494 e. The van der Waals surface area contributed by atoms with Gasteiger partial charge in [-0.05, 0) is 61.9 Å². The van der Waals surface area contributed by atoms with Crippen LogP contribution < -0.4 is 10.1 Å². The fourth-order valence-electron chi connectivity index (χ4n) is 3.30. The molecule has 0 saturated heterocycles. The van der Waals surface area contributed by atoms with Gasteiger partial charge in [0.1, 0.15) is 5.75 Å². The summed E-state index contributed by atoms with van der Waals surface area (Å²) < 4.78 is 7.49. The molecule has 4 aromatic rings. The van der Waals surface area contributed by atoms with Gasteiger partial charge >= 0.3 is 0 Å². The Kier molecular flexibility index (Phi) is 7.32. The maximum Gasteiger partial charge on any atom is 0.234 e. The van der Waals surface area contributed by atoms with E-state index in [1.807, 2.05) is 91.2 Å². The Labute approximate surface area is 202 Å². The minimum atomic E-state index is -0.111. The summed E-state index contributed by atoms with van der Waals surface area (Å²) in [5.74, 6) is 1.51. The van der Waals surface area contributed by atoms with Crippen molar-refractivity contribution in [2.24, 2.45) is 0 Å². The fourth-order valence-corrected chi connectivity index (χ4v) is 4.24. The molecular formula is C25H23ClN4O2S. The lowest BCUT2D eigenvalue weighted by Gasteiger charge is -2.12. The average molecular weight is 479 g/mol. The van der Waals surface area contributed by atoms with Gasteiger partial charge in [-0.15, -0.1) is 10.2 Å². The summed E-state index contributed by atoms with van der Waals surface area (Å²) in [4.78, 5) is 12.6. The van der Waals surface area contributed by atoms with Crippen LogP contribution >= 0.6 is 23.4 Å². The van der Waals surface area contributed by atoms with Crippen molar-refractivity contribution >= 4 is 35.0 Å². The van der Waals surface area contributed by atoms with E-state index in [1.165, 1.54) is 11.8 Å². The zero-order chi connectivity index (χ0) is 23.2. The summed E-state index contributed by atoms with van der Waals surface area (Å²) in [6.45, 7) is 4.50. The van der Waals surface area contributed by atoms with Crippen LogP contribution in [0.3, 0.4) is 0 Å². The van der Waals surface area contributed by atoms with Gasteiger partial charge < -0.3 is 10.1 Å². The van der Waals surface area contributed by atoms with Crippen LogP contribution in [0.5, 0.6) is 5.75 Å².